The minimum Gasteiger partial charge on any atom is -0.469 e. The topological polar surface area (TPSA) is 62.7 Å². The lowest BCUT2D eigenvalue weighted by Crippen LogP contribution is -2.37. The summed E-state index contributed by atoms with van der Waals surface area (Å²) in [6, 6.07) is 3.76. The van der Waals surface area contributed by atoms with Crippen LogP contribution in [0.5, 0.6) is 0 Å². The van der Waals surface area contributed by atoms with Crippen molar-refractivity contribution in [3.8, 4) is 0 Å². The van der Waals surface area contributed by atoms with Gasteiger partial charge in [0.15, 0.2) is 0 Å². The fourth-order valence-corrected chi connectivity index (χ4v) is 3.98. The monoisotopic (exact) mass is 391 g/mol. The Morgan fingerprint density at radius 1 is 1.48 bits per heavy atom. The second-order valence-corrected chi connectivity index (χ2v) is 7.79. The van der Waals surface area contributed by atoms with E-state index in [0.717, 1.165) is 48.9 Å². The number of hydrogen-bond donors (Lipinski definition) is 0. The fourth-order valence-electron chi connectivity index (χ4n) is 3.11. The molecule has 1 aliphatic rings. The van der Waals surface area contributed by atoms with E-state index in [2.05, 4.69) is 18.4 Å². The highest BCUT2D eigenvalue weighted by molar-refractivity contribution is 7.99. The maximum Gasteiger partial charge on any atom is 0.305 e. The van der Waals surface area contributed by atoms with Gasteiger partial charge in [-0.05, 0) is 49.3 Å². The number of carbonyl (C=O) groups is 2. The fraction of sp³-hybridized carbons (Fsp3) is 0.550. The molecule has 0 N–H and O–H groups in total. The number of amides is 1. The van der Waals surface area contributed by atoms with Crippen molar-refractivity contribution in [2.75, 3.05) is 37.9 Å². The molecule has 1 unspecified atom stereocenters. The zero-order chi connectivity index (χ0) is 19.8. The number of pyridine rings is 1. The first-order valence-corrected chi connectivity index (χ1v) is 10.3. The number of methoxy groups -OCH3 is 1. The Balaban J connectivity index is 2.22. The van der Waals surface area contributed by atoms with Crippen molar-refractivity contribution in [3.05, 3.63) is 30.5 Å². The lowest BCUT2D eigenvalue weighted by atomic mass is 9.95. The number of aromatic nitrogens is 1. The Hall–Kier alpha value is -2.02. The summed E-state index contributed by atoms with van der Waals surface area (Å²) in [5.41, 5.74) is 0.600. The van der Waals surface area contributed by atoms with Crippen LogP contribution in [0.1, 0.15) is 43.0 Å². The average Bonchev–Trinajstić information content (AvgIpc) is 2.70. The van der Waals surface area contributed by atoms with Gasteiger partial charge in [-0.25, -0.2) is 4.98 Å². The molecule has 27 heavy (non-hydrogen) atoms. The van der Waals surface area contributed by atoms with Crippen LogP contribution >= 0.6 is 11.8 Å². The number of piperidine rings is 1. The van der Waals surface area contributed by atoms with E-state index in [1.807, 2.05) is 12.1 Å². The highest BCUT2D eigenvalue weighted by Crippen LogP contribution is 2.29. The molecule has 7 heteroatoms. The number of esters is 1. The molecule has 6 nitrogen and oxygen atoms in total. The highest BCUT2D eigenvalue weighted by atomic mass is 32.2. The van der Waals surface area contributed by atoms with E-state index in [-0.39, 0.29) is 17.8 Å². The van der Waals surface area contributed by atoms with Gasteiger partial charge < -0.3 is 14.5 Å². The Morgan fingerprint density at radius 3 is 2.93 bits per heavy atom. The third kappa shape index (κ3) is 5.73. The largest absolute Gasteiger partial charge is 0.469 e. The number of carbonyl (C=O) groups excluding carboxylic acids is 2. The van der Waals surface area contributed by atoms with Crippen molar-refractivity contribution < 1.29 is 14.3 Å². The Morgan fingerprint density at radius 2 is 2.26 bits per heavy atom. The van der Waals surface area contributed by atoms with Gasteiger partial charge >= 0.3 is 5.97 Å². The van der Waals surface area contributed by atoms with E-state index in [9.17, 15) is 9.59 Å². The molecule has 0 bridgehead atoms. The van der Waals surface area contributed by atoms with Gasteiger partial charge in [-0.2, -0.15) is 0 Å². The van der Waals surface area contributed by atoms with Crippen molar-refractivity contribution in [1.82, 2.24) is 9.88 Å². The summed E-state index contributed by atoms with van der Waals surface area (Å²) in [4.78, 5) is 32.7. The normalized spacial score (nSPS) is 16.7. The number of rotatable bonds is 8. The quantitative estimate of drug-likeness (QED) is 0.499. The van der Waals surface area contributed by atoms with E-state index in [1.54, 1.807) is 18.8 Å². The van der Waals surface area contributed by atoms with E-state index in [4.69, 9.17) is 9.72 Å². The first-order valence-electron chi connectivity index (χ1n) is 9.35. The van der Waals surface area contributed by atoms with E-state index >= 15 is 0 Å². The van der Waals surface area contributed by atoms with Gasteiger partial charge in [-0.3, -0.25) is 9.59 Å². The zero-order valence-electron chi connectivity index (χ0n) is 16.4. The van der Waals surface area contributed by atoms with Crippen LogP contribution in [0.25, 0.3) is 0 Å². The lowest BCUT2D eigenvalue weighted by Gasteiger charge is -2.33. The Kier molecular flexibility index (Phi) is 8.16. The molecule has 1 amide bonds. The van der Waals surface area contributed by atoms with Crippen LogP contribution in [-0.4, -0.2) is 54.8 Å². The minimum absolute atomic E-state index is 0.107. The van der Waals surface area contributed by atoms with Gasteiger partial charge in [0, 0.05) is 26.6 Å². The Labute approximate surface area is 166 Å². The molecular weight excluding hydrogens is 362 g/mol. The summed E-state index contributed by atoms with van der Waals surface area (Å²) in [6.07, 6.45) is 4.98. The van der Waals surface area contributed by atoms with Crippen LogP contribution in [0.2, 0.25) is 0 Å². The number of thioether (sulfide) groups is 1. The van der Waals surface area contributed by atoms with Gasteiger partial charge in [0.05, 0.1) is 12.7 Å². The molecule has 1 aromatic heterocycles. The van der Waals surface area contributed by atoms with Gasteiger partial charge in [0.1, 0.15) is 10.8 Å². The van der Waals surface area contributed by atoms with E-state index in [1.165, 1.54) is 18.2 Å². The molecule has 2 heterocycles. The first kappa shape index (κ1) is 21.3. The summed E-state index contributed by atoms with van der Waals surface area (Å²) in [5.74, 6) is 1.76. The first-order chi connectivity index (χ1) is 13.0. The second kappa shape index (κ2) is 10.3. The predicted octanol–water partition coefficient (Wildman–Crippen LogP) is 3.58. The van der Waals surface area contributed by atoms with Gasteiger partial charge in [0.25, 0.3) is 5.91 Å². The van der Waals surface area contributed by atoms with Gasteiger partial charge in [-0.15, -0.1) is 11.8 Å². The van der Waals surface area contributed by atoms with E-state index < -0.39 is 0 Å². The molecule has 0 spiro atoms. The molecule has 1 aromatic rings. The lowest BCUT2D eigenvalue weighted by molar-refractivity contribution is -0.141. The maximum absolute atomic E-state index is 12.6. The van der Waals surface area contributed by atoms with Crippen LogP contribution in [0.4, 0.5) is 5.82 Å². The summed E-state index contributed by atoms with van der Waals surface area (Å²) in [7, 11) is 3.12. The third-order valence-electron chi connectivity index (χ3n) is 4.64. The molecule has 148 valence electrons. The minimum atomic E-state index is -0.164. The summed E-state index contributed by atoms with van der Waals surface area (Å²) >= 11 is 1.60. The number of anilines is 1. The molecule has 1 atom stereocenters. The second-order valence-electron chi connectivity index (χ2n) is 6.70. The molecule has 1 aliphatic heterocycles. The smallest absolute Gasteiger partial charge is 0.305 e. The predicted molar refractivity (Wildman–Crippen MR) is 109 cm³/mol. The van der Waals surface area contributed by atoms with Gasteiger partial charge in [0.2, 0.25) is 0 Å². The average molecular weight is 392 g/mol. The SMILES string of the molecule is C=CN(C)C(=O)c1ccc(N2CCCC(CC(=O)OC)C2)nc1SCCC. The van der Waals surface area contributed by atoms with Gasteiger partial charge in [-0.1, -0.05) is 13.5 Å². The van der Waals surface area contributed by atoms with Crippen LogP contribution in [0.3, 0.4) is 0 Å². The van der Waals surface area contributed by atoms with E-state index in [0.29, 0.717) is 12.0 Å². The number of hydrogen-bond acceptors (Lipinski definition) is 6. The van der Waals surface area contributed by atoms with Crippen molar-refractivity contribution in [2.45, 2.75) is 37.6 Å². The van der Waals surface area contributed by atoms with Crippen LogP contribution in [0.15, 0.2) is 29.9 Å². The van der Waals surface area contributed by atoms with Crippen molar-refractivity contribution >= 4 is 29.5 Å². The van der Waals surface area contributed by atoms with Crippen molar-refractivity contribution in [3.63, 3.8) is 0 Å². The molecule has 0 aromatic carbocycles. The number of nitrogens with zero attached hydrogens (tertiary/aromatic N) is 3. The molecule has 1 fully saturated rings. The van der Waals surface area contributed by atoms with Crippen LogP contribution < -0.4 is 4.90 Å². The molecule has 0 saturated carbocycles. The third-order valence-corrected chi connectivity index (χ3v) is 5.84. The number of ether oxygens (including phenoxy) is 1. The standard InChI is InChI=1S/C20H29N3O3S/c1-5-12-27-19-16(20(25)22(3)6-2)9-10-17(21-19)23-11-7-8-15(14-23)13-18(24)26-4/h6,9-10,15H,2,5,7-8,11-14H2,1,3-4H3. The molecule has 0 radical (unpaired) electrons. The Bertz CT molecular complexity index is 680. The van der Waals surface area contributed by atoms with Crippen molar-refractivity contribution in [2.24, 2.45) is 5.92 Å². The summed E-state index contributed by atoms with van der Waals surface area (Å²) in [6.45, 7) is 7.45. The highest BCUT2D eigenvalue weighted by Gasteiger charge is 2.25. The van der Waals surface area contributed by atoms with Crippen LogP contribution in [-0.2, 0) is 9.53 Å². The molecule has 1 saturated heterocycles. The molecule has 2 rings (SSSR count). The van der Waals surface area contributed by atoms with Crippen LogP contribution in [0, 0.1) is 5.92 Å². The van der Waals surface area contributed by atoms with Crippen molar-refractivity contribution in [1.29, 1.82) is 0 Å². The summed E-state index contributed by atoms with van der Waals surface area (Å²) < 4.78 is 4.81. The zero-order valence-corrected chi connectivity index (χ0v) is 17.3. The summed E-state index contributed by atoms with van der Waals surface area (Å²) in [5, 5.41) is 0.753. The maximum atomic E-state index is 12.6. The molecule has 0 aliphatic carbocycles. The molecular formula is C20H29N3O3S.